The summed E-state index contributed by atoms with van der Waals surface area (Å²) in [6.07, 6.45) is 2.85. The molecule has 1 amide bonds. The first-order valence-corrected chi connectivity index (χ1v) is 9.90. The van der Waals surface area contributed by atoms with E-state index in [0.29, 0.717) is 36.4 Å². The van der Waals surface area contributed by atoms with E-state index in [2.05, 4.69) is 36.1 Å². The number of aryl methyl sites for hydroxylation is 1. The van der Waals surface area contributed by atoms with Crippen molar-refractivity contribution in [3.63, 3.8) is 0 Å². The third-order valence-electron chi connectivity index (χ3n) is 5.49. The number of nitrogens with two attached hydrogens (primary N) is 1. The molecule has 2 N–H and O–H groups in total. The van der Waals surface area contributed by atoms with E-state index in [-0.39, 0.29) is 24.4 Å². The number of hydrogen-bond donors (Lipinski definition) is 1. The van der Waals surface area contributed by atoms with E-state index in [1.54, 1.807) is 0 Å². The van der Waals surface area contributed by atoms with Gasteiger partial charge in [-0.1, -0.05) is 43.3 Å². The van der Waals surface area contributed by atoms with Crippen LogP contribution in [0.15, 0.2) is 28.8 Å². The molecule has 1 atom stereocenters. The molecule has 2 heterocycles. The molecular formula is C21H31ClN4O2. The molecule has 3 rings (SSSR count). The van der Waals surface area contributed by atoms with Crippen LogP contribution >= 0.6 is 12.4 Å². The minimum Gasteiger partial charge on any atom is -0.343 e. The Kier molecular flexibility index (Phi) is 8.01. The molecule has 1 aromatic carbocycles. The lowest BCUT2D eigenvalue weighted by Crippen LogP contribution is -2.42. The monoisotopic (exact) mass is 406 g/mol. The van der Waals surface area contributed by atoms with Gasteiger partial charge in [0.05, 0.1) is 0 Å². The molecule has 6 nitrogen and oxygen atoms in total. The molecule has 1 saturated heterocycles. The fourth-order valence-electron chi connectivity index (χ4n) is 3.54. The minimum atomic E-state index is 0. The second-order valence-electron chi connectivity index (χ2n) is 7.87. The van der Waals surface area contributed by atoms with Gasteiger partial charge in [-0.05, 0) is 37.2 Å². The average Bonchev–Trinajstić information content (AvgIpc) is 3.15. The molecule has 0 spiro atoms. The number of nitrogens with zero attached hydrogens (tertiary/aromatic N) is 3. The van der Waals surface area contributed by atoms with Gasteiger partial charge in [-0.2, -0.15) is 4.98 Å². The average molecular weight is 407 g/mol. The Labute approximate surface area is 173 Å². The molecule has 1 fully saturated rings. The van der Waals surface area contributed by atoms with Crippen LogP contribution in [-0.4, -0.2) is 40.1 Å². The molecule has 28 heavy (non-hydrogen) atoms. The molecule has 0 radical (unpaired) electrons. The summed E-state index contributed by atoms with van der Waals surface area (Å²) in [6, 6.07) is 8.40. The number of carbonyl (C=O) groups excluding carboxylic acids is 1. The number of benzene rings is 1. The quantitative estimate of drug-likeness (QED) is 0.788. The summed E-state index contributed by atoms with van der Waals surface area (Å²) in [7, 11) is 0. The predicted octanol–water partition coefficient (Wildman–Crippen LogP) is 3.80. The number of likely N-dealkylation sites (tertiary alicyclic amines) is 1. The maximum atomic E-state index is 12.4. The fourth-order valence-corrected chi connectivity index (χ4v) is 3.54. The van der Waals surface area contributed by atoms with Crippen molar-refractivity contribution in [1.82, 2.24) is 15.0 Å². The largest absolute Gasteiger partial charge is 0.343 e. The Hall–Kier alpha value is -1.92. The van der Waals surface area contributed by atoms with Crippen LogP contribution in [0.4, 0.5) is 0 Å². The van der Waals surface area contributed by atoms with Gasteiger partial charge in [0.1, 0.15) is 0 Å². The van der Waals surface area contributed by atoms with Gasteiger partial charge >= 0.3 is 0 Å². The van der Waals surface area contributed by atoms with Crippen LogP contribution in [0.25, 0.3) is 11.4 Å². The normalized spacial score (nSPS) is 16.1. The highest BCUT2D eigenvalue weighted by atomic mass is 35.5. The van der Waals surface area contributed by atoms with Crippen molar-refractivity contribution in [2.45, 2.75) is 58.4 Å². The zero-order chi connectivity index (χ0) is 19.4. The third-order valence-corrected chi connectivity index (χ3v) is 5.49. The van der Waals surface area contributed by atoms with Crippen LogP contribution in [0.1, 0.15) is 57.4 Å². The molecular weight excluding hydrogens is 376 g/mol. The van der Waals surface area contributed by atoms with Gasteiger partial charge in [0.2, 0.25) is 17.6 Å². The highest BCUT2D eigenvalue weighted by molar-refractivity contribution is 5.85. The lowest BCUT2D eigenvalue weighted by molar-refractivity contribution is -0.132. The van der Waals surface area contributed by atoms with Crippen LogP contribution < -0.4 is 5.73 Å². The molecule has 1 unspecified atom stereocenters. The number of halogens is 1. The van der Waals surface area contributed by atoms with E-state index in [0.717, 1.165) is 31.5 Å². The van der Waals surface area contributed by atoms with Gasteiger partial charge in [-0.3, -0.25) is 4.79 Å². The standard InChI is InChI=1S/C21H30N4O2.ClH/c1-14(2)16-4-6-18(7-5-16)21-23-19(27-24-21)8-9-20(26)25-12-10-17(11-13-25)15(3)22;/h4-7,14-15,17H,8-13,22H2,1-3H3;1H. The van der Waals surface area contributed by atoms with Gasteiger partial charge in [0, 0.05) is 37.5 Å². The van der Waals surface area contributed by atoms with Crippen LogP contribution in [0.3, 0.4) is 0 Å². The number of carbonyl (C=O) groups is 1. The lowest BCUT2D eigenvalue weighted by atomic mass is 9.91. The molecule has 154 valence electrons. The summed E-state index contributed by atoms with van der Waals surface area (Å²) in [5.74, 6) is 2.25. The smallest absolute Gasteiger partial charge is 0.227 e. The lowest BCUT2D eigenvalue weighted by Gasteiger charge is -2.33. The molecule has 2 aromatic rings. The first-order valence-electron chi connectivity index (χ1n) is 9.90. The van der Waals surface area contributed by atoms with E-state index in [9.17, 15) is 4.79 Å². The zero-order valence-electron chi connectivity index (χ0n) is 16.9. The predicted molar refractivity (Wildman–Crippen MR) is 112 cm³/mol. The van der Waals surface area contributed by atoms with Crippen molar-refractivity contribution in [2.24, 2.45) is 11.7 Å². The Bertz CT molecular complexity index is 750. The molecule has 1 aliphatic rings. The van der Waals surface area contributed by atoms with E-state index >= 15 is 0 Å². The van der Waals surface area contributed by atoms with Crippen LogP contribution in [0, 0.1) is 5.92 Å². The Balaban J connectivity index is 0.00000280. The van der Waals surface area contributed by atoms with Gasteiger partial charge < -0.3 is 15.2 Å². The highest BCUT2D eigenvalue weighted by Crippen LogP contribution is 2.22. The van der Waals surface area contributed by atoms with Gasteiger partial charge in [0.15, 0.2) is 0 Å². The van der Waals surface area contributed by atoms with Gasteiger partial charge in [0.25, 0.3) is 0 Å². The second-order valence-corrected chi connectivity index (χ2v) is 7.87. The molecule has 1 aromatic heterocycles. The van der Waals surface area contributed by atoms with Crippen molar-refractivity contribution >= 4 is 18.3 Å². The van der Waals surface area contributed by atoms with E-state index in [1.165, 1.54) is 5.56 Å². The van der Waals surface area contributed by atoms with Crippen LogP contribution in [0.5, 0.6) is 0 Å². The van der Waals surface area contributed by atoms with Crippen molar-refractivity contribution in [1.29, 1.82) is 0 Å². The second kappa shape index (κ2) is 10.0. The number of hydrogen-bond acceptors (Lipinski definition) is 5. The highest BCUT2D eigenvalue weighted by Gasteiger charge is 2.25. The number of aromatic nitrogens is 2. The number of piperidine rings is 1. The number of rotatable bonds is 6. The Morgan fingerprint density at radius 1 is 1.21 bits per heavy atom. The van der Waals surface area contributed by atoms with Crippen molar-refractivity contribution in [3.8, 4) is 11.4 Å². The van der Waals surface area contributed by atoms with Crippen molar-refractivity contribution in [3.05, 3.63) is 35.7 Å². The maximum absolute atomic E-state index is 12.4. The topological polar surface area (TPSA) is 85.2 Å². The fraction of sp³-hybridized carbons (Fsp3) is 0.571. The van der Waals surface area contributed by atoms with E-state index < -0.39 is 0 Å². The van der Waals surface area contributed by atoms with Crippen LogP contribution in [-0.2, 0) is 11.2 Å². The summed E-state index contributed by atoms with van der Waals surface area (Å²) in [5, 5.41) is 4.06. The number of amides is 1. The first-order chi connectivity index (χ1) is 12.9. The summed E-state index contributed by atoms with van der Waals surface area (Å²) >= 11 is 0. The molecule has 1 aliphatic heterocycles. The zero-order valence-corrected chi connectivity index (χ0v) is 17.7. The summed E-state index contributed by atoms with van der Waals surface area (Å²) in [5.41, 5.74) is 8.17. The Morgan fingerprint density at radius 3 is 2.43 bits per heavy atom. The van der Waals surface area contributed by atoms with Crippen molar-refractivity contribution < 1.29 is 9.32 Å². The summed E-state index contributed by atoms with van der Waals surface area (Å²) in [4.78, 5) is 18.8. The van der Waals surface area contributed by atoms with Gasteiger partial charge in [-0.15, -0.1) is 12.4 Å². The third kappa shape index (κ3) is 5.55. The molecule has 0 aliphatic carbocycles. The minimum absolute atomic E-state index is 0. The van der Waals surface area contributed by atoms with E-state index in [4.69, 9.17) is 10.3 Å². The van der Waals surface area contributed by atoms with Gasteiger partial charge in [-0.25, -0.2) is 0 Å². The van der Waals surface area contributed by atoms with E-state index in [1.807, 2.05) is 24.0 Å². The molecule has 0 bridgehead atoms. The Morgan fingerprint density at radius 2 is 1.86 bits per heavy atom. The molecule has 0 saturated carbocycles. The summed E-state index contributed by atoms with van der Waals surface area (Å²) in [6.45, 7) is 7.96. The first kappa shape index (κ1) is 22.4. The van der Waals surface area contributed by atoms with Crippen LogP contribution in [0.2, 0.25) is 0 Å². The van der Waals surface area contributed by atoms with Crippen molar-refractivity contribution in [2.75, 3.05) is 13.1 Å². The summed E-state index contributed by atoms with van der Waals surface area (Å²) < 4.78 is 5.33. The maximum Gasteiger partial charge on any atom is 0.227 e. The SMILES string of the molecule is CC(C)c1ccc(-c2noc(CCC(=O)N3CCC(C(C)N)CC3)n2)cc1.Cl. The molecule has 7 heteroatoms.